The molecule has 4 heteroatoms. The van der Waals surface area contributed by atoms with E-state index in [9.17, 15) is 9.90 Å². The Labute approximate surface area is 143 Å². The molecule has 2 rings (SSSR count). The van der Waals surface area contributed by atoms with Crippen LogP contribution < -0.4 is 5.32 Å². The van der Waals surface area contributed by atoms with E-state index >= 15 is 0 Å². The van der Waals surface area contributed by atoms with Crippen molar-refractivity contribution < 1.29 is 14.3 Å². The van der Waals surface area contributed by atoms with Crippen LogP contribution in [-0.4, -0.2) is 24.2 Å². The number of carbonyl (C=O) groups excluding carboxylic acids is 1. The summed E-state index contributed by atoms with van der Waals surface area (Å²) in [7, 11) is 0. The van der Waals surface area contributed by atoms with Gasteiger partial charge in [0.05, 0.1) is 0 Å². The normalized spacial score (nSPS) is 13.2. The minimum atomic E-state index is -0.337. The molecule has 0 aliphatic carbocycles. The van der Waals surface area contributed by atoms with Crippen LogP contribution >= 0.6 is 0 Å². The Hall–Kier alpha value is -2.33. The number of furan rings is 1. The Morgan fingerprint density at radius 2 is 1.96 bits per heavy atom. The molecular formula is C20H25NO3. The first-order valence-electron chi connectivity index (χ1n) is 8.10. The third-order valence-electron chi connectivity index (χ3n) is 4.19. The zero-order valence-corrected chi connectivity index (χ0v) is 14.5. The van der Waals surface area contributed by atoms with Gasteiger partial charge in [0.2, 0.25) is 5.91 Å². The van der Waals surface area contributed by atoms with Gasteiger partial charge in [0.15, 0.2) is 0 Å². The summed E-state index contributed by atoms with van der Waals surface area (Å²) in [5.74, 6) is 1.30. The van der Waals surface area contributed by atoms with Gasteiger partial charge in [0.1, 0.15) is 11.5 Å². The highest BCUT2D eigenvalue weighted by Gasteiger charge is 2.30. The van der Waals surface area contributed by atoms with E-state index in [1.807, 2.05) is 63.2 Å². The van der Waals surface area contributed by atoms with Crippen LogP contribution in [0.2, 0.25) is 0 Å². The Morgan fingerprint density at radius 3 is 2.54 bits per heavy atom. The van der Waals surface area contributed by atoms with Gasteiger partial charge < -0.3 is 14.8 Å². The number of benzene rings is 1. The lowest BCUT2D eigenvalue weighted by Crippen LogP contribution is -2.36. The summed E-state index contributed by atoms with van der Waals surface area (Å²) in [6, 6.07) is 13.6. The number of hydrogen-bond donors (Lipinski definition) is 2. The van der Waals surface area contributed by atoms with Gasteiger partial charge in [-0.3, -0.25) is 4.79 Å². The molecule has 0 saturated heterocycles. The molecule has 2 aromatic rings. The fourth-order valence-electron chi connectivity index (χ4n) is 2.60. The van der Waals surface area contributed by atoms with Crippen molar-refractivity contribution in [1.29, 1.82) is 0 Å². The lowest BCUT2D eigenvalue weighted by atomic mass is 9.75. The highest BCUT2D eigenvalue weighted by atomic mass is 16.3. The molecule has 0 spiro atoms. The summed E-state index contributed by atoms with van der Waals surface area (Å²) < 4.78 is 5.40. The number of amides is 1. The maximum absolute atomic E-state index is 12.1. The molecule has 1 aromatic carbocycles. The quantitative estimate of drug-likeness (QED) is 0.765. The second-order valence-electron chi connectivity index (χ2n) is 6.64. The highest BCUT2D eigenvalue weighted by molar-refractivity contribution is 5.91. The fourth-order valence-corrected chi connectivity index (χ4v) is 2.60. The number of rotatable bonds is 7. The first-order chi connectivity index (χ1) is 11.4. The molecular weight excluding hydrogens is 302 g/mol. The molecule has 0 saturated carbocycles. The number of aliphatic hydroxyl groups excluding tert-OH is 1. The fraction of sp³-hybridized carbons (Fsp3) is 0.350. The van der Waals surface area contributed by atoms with Crippen LogP contribution in [0.15, 0.2) is 53.0 Å². The van der Waals surface area contributed by atoms with Crippen molar-refractivity contribution in [3.05, 3.63) is 65.6 Å². The summed E-state index contributed by atoms with van der Waals surface area (Å²) in [5.41, 5.74) is 0.763. The second-order valence-corrected chi connectivity index (χ2v) is 6.64. The maximum Gasteiger partial charge on any atom is 0.244 e. The van der Waals surface area contributed by atoms with E-state index in [4.69, 9.17) is 4.42 Å². The smallest absolute Gasteiger partial charge is 0.244 e. The molecule has 1 unspecified atom stereocenters. The zero-order valence-electron chi connectivity index (χ0n) is 14.5. The average Bonchev–Trinajstić information content (AvgIpc) is 2.99. The van der Waals surface area contributed by atoms with Crippen LogP contribution in [-0.2, 0) is 4.79 Å². The number of hydrogen-bond acceptors (Lipinski definition) is 3. The standard InChI is InChI=1S/C20H25NO3/c1-15-9-10-17(24-15)11-12-19(23)21-13-18(20(2,3)14-22)16-7-5-4-6-8-16/h4-12,18,22H,13-14H2,1-3H3,(H,21,23)/b12-11+. The molecule has 1 aromatic heterocycles. The summed E-state index contributed by atoms with van der Waals surface area (Å²) in [6.07, 6.45) is 3.11. The Bertz CT molecular complexity index is 686. The van der Waals surface area contributed by atoms with E-state index in [1.54, 1.807) is 6.08 Å². The largest absolute Gasteiger partial charge is 0.462 e. The molecule has 0 aliphatic heterocycles. The molecule has 0 radical (unpaired) electrons. The van der Waals surface area contributed by atoms with E-state index in [0.29, 0.717) is 12.3 Å². The lowest BCUT2D eigenvalue weighted by molar-refractivity contribution is -0.116. The summed E-state index contributed by atoms with van der Waals surface area (Å²) in [6.45, 7) is 6.36. The SMILES string of the molecule is Cc1ccc(/C=C/C(=O)NCC(c2ccccc2)C(C)(C)CO)o1. The molecule has 0 bridgehead atoms. The van der Waals surface area contributed by atoms with Gasteiger partial charge in [-0.15, -0.1) is 0 Å². The molecule has 1 heterocycles. The molecule has 1 atom stereocenters. The van der Waals surface area contributed by atoms with E-state index in [2.05, 4.69) is 5.32 Å². The Balaban J connectivity index is 2.02. The molecule has 1 amide bonds. The van der Waals surface area contributed by atoms with Gasteiger partial charge in [-0.25, -0.2) is 0 Å². The van der Waals surface area contributed by atoms with Crippen LogP contribution in [0.1, 0.15) is 36.8 Å². The van der Waals surface area contributed by atoms with Gasteiger partial charge in [-0.2, -0.15) is 0 Å². The third kappa shape index (κ3) is 4.83. The maximum atomic E-state index is 12.1. The number of aryl methyl sites for hydroxylation is 1. The lowest BCUT2D eigenvalue weighted by Gasteiger charge is -2.33. The van der Waals surface area contributed by atoms with Crippen LogP contribution in [0.5, 0.6) is 0 Å². The first-order valence-corrected chi connectivity index (χ1v) is 8.10. The van der Waals surface area contributed by atoms with Gasteiger partial charge in [0.25, 0.3) is 0 Å². The summed E-state index contributed by atoms with van der Waals surface area (Å²) in [5, 5.41) is 12.6. The minimum absolute atomic E-state index is 0.0203. The van der Waals surface area contributed by atoms with Crippen molar-refractivity contribution in [2.24, 2.45) is 5.41 Å². The van der Waals surface area contributed by atoms with E-state index < -0.39 is 0 Å². The third-order valence-corrected chi connectivity index (χ3v) is 4.19. The molecule has 128 valence electrons. The first kappa shape index (κ1) is 18.0. The number of carbonyl (C=O) groups is 1. The van der Waals surface area contributed by atoms with Gasteiger partial charge in [-0.1, -0.05) is 44.2 Å². The van der Waals surface area contributed by atoms with Crippen molar-refractivity contribution in [1.82, 2.24) is 5.32 Å². The predicted molar refractivity (Wildman–Crippen MR) is 95.5 cm³/mol. The predicted octanol–water partition coefficient (Wildman–Crippen LogP) is 3.52. The Morgan fingerprint density at radius 1 is 1.25 bits per heavy atom. The average molecular weight is 327 g/mol. The van der Waals surface area contributed by atoms with Crippen LogP contribution in [0.25, 0.3) is 6.08 Å². The monoisotopic (exact) mass is 327 g/mol. The van der Waals surface area contributed by atoms with Crippen molar-refractivity contribution >= 4 is 12.0 Å². The molecule has 0 fully saturated rings. The summed E-state index contributed by atoms with van der Waals surface area (Å²) >= 11 is 0. The molecule has 0 aliphatic rings. The summed E-state index contributed by atoms with van der Waals surface area (Å²) in [4.78, 5) is 12.1. The number of nitrogens with one attached hydrogen (secondary N) is 1. The molecule has 24 heavy (non-hydrogen) atoms. The topological polar surface area (TPSA) is 62.5 Å². The van der Waals surface area contributed by atoms with Gasteiger partial charge in [-0.05, 0) is 36.1 Å². The van der Waals surface area contributed by atoms with Crippen molar-refractivity contribution in [2.75, 3.05) is 13.2 Å². The Kier molecular flexibility index (Phi) is 5.99. The van der Waals surface area contributed by atoms with Crippen LogP contribution in [0, 0.1) is 12.3 Å². The number of aliphatic hydroxyl groups is 1. The highest BCUT2D eigenvalue weighted by Crippen LogP contribution is 2.34. The zero-order chi connectivity index (χ0) is 17.6. The van der Waals surface area contributed by atoms with E-state index in [1.165, 1.54) is 6.08 Å². The minimum Gasteiger partial charge on any atom is -0.462 e. The second kappa shape index (κ2) is 7.97. The van der Waals surface area contributed by atoms with Crippen molar-refractivity contribution in [3.8, 4) is 0 Å². The van der Waals surface area contributed by atoms with Gasteiger partial charge in [0, 0.05) is 25.1 Å². The van der Waals surface area contributed by atoms with E-state index in [-0.39, 0.29) is 23.8 Å². The van der Waals surface area contributed by atoms with Gasteiger partial charge >= 0.3 is 0 Å². The van der Waals surface area contributed by atoms with Crippen molar-refractivity contribution in [2.45, 2.75) is 26.7 Å². The van der Waals surface area contributed by atoms with Crippen molar-refractivity contribution in [3.63, 3.8) is 0 Å². The molecule has 4 nitrogen and oxygen atoms in total. The van der Waals surface area contributed by atoms with E-state index in [0.717, 1.165) is 11.3 Å². The van der Waals surface area contributed by atoms with Crippen LogP contribution in [0.4, 0.5) is 0 Å². The molecule has 2 N–H and O–H groups in total. The van der Waals surface area contributed by atoms with Crippen LogP contribution in [0.3, 0.4) is 0 Å².